The van der Waals surface area contributed by atoms with Gasteiger partial charge in [0, 0.05) is 19.7 Å². The molecule has 7 heteroatoms. The highest BCUT2D eigenvalue weighted by Crippen LogP contribution is 2.29. The van der Waals surface area contributed by atoms with Crippen LogP contribution in [0, 0.1) is 5.92 Å². The minimum atomic E-state index is -3.73. The smallest absolute Gasteiger partial charge is 0.238 e. The molecule has 1 aromatic carbocycles. The van der Waals surface area contributed by atoms with E-state index in [0.29, 0.717) is 5.69 Å². The van der Waals surface area contributed by atoms with Crippen molar-refractivity contribution >= 4 is 21.4 Å². The average molecular weight is 285 g/mol. The molecule has 0 amide bonds. The number of primary sulfonamides is 1. The molecule has 1 unspecified atom stereocenters. The lowest BCUT2D eigenvalue weighted by Gasteiger charge is -2.34. The number of sulfonamides is 1. The van der Waals surface area contributed by atoms with E-state index in [2.05, 4.69) is 4.90 Å². The van der Waals surface area contributed by atoms with E-state index in [-0.39, 0.29) is 17.4 Å². The number of nitrogen functional groups attached to an aromatic ring is 1. The Morgan fingerprint density at radius 1 is 1.42 bits per heavy atom. The van der Waals surface area contributed by atoms with Gasteiger partial charge in [-0.1, -0.05) is 0 Å². The van der Waals surface area contributed by atoms with E-state index >= 15 is 0 Å². The normalized spacial score (nSPS) is 20.5. The number of aliphatic hydroxyl groups is 1. The van der Waals surface area contributed by atoms with Gasteiger partial charge in [-0.3, -0.25) is 0 Å². The summed E-state index contributed by atoms with van der Waals surface area (Å²) < 4.78 is 22.5. The Morgan fingerprint density at radius 3 is 2.74 bits per heavy atom. The molecule has 19 heavy (non-hydrogen) atoms. The Morgan fingerprint density at radius 2 is 2.16 bits per heavy atom. The predicted molar refractivity (Wildman–Crippen MR) is 74.3 cm³/mol. The first kappa shape index (κ1) is 14.1. The van der Waals surface area contributed by atoms with E-state index in [1.165, 1.54) is 12.1 Å². The van der Waals surface area contributed by atoms with Crippen molar-refractivity contribution in [1.29, 1.82) is 0 Å². The van der Waals surface area contributed by atoms with Crippen LogP contribution in [0.1, 0.15) is 12.8 Å². The van der Waals surface area contributed by atoms with E-state index < -0.39 is 10.0 Å². The molecule has 0 aliphatic carbocycles. The molecule has 1 aromatic rings. The Kier molecular flexibility index (Phi) is 3.98. The molecule has 1 fully saturated rings. The Bertz CT molecular complexity index is 559. The minimum Gasteiger partial charge on any atom is -0.397 e. The van der Waals surface area contributed by atoms with Crippen molar-refractivity contribution in [2.75, 3.05) is 30.3 Å². The molecular formula is C12H19N3O3S. The second-order valence-electron chi connectivity index (χ2n) is 4.90. The molecule has 6 nitrogen and oxygen atoms in total. The first-order valence-electron chi connectivity index (χ1n) is 6.20. The molecule has 1 aliphatic rings. The van der Waals surface area contributed by atoms with Crippen molar-refractivity contribution in [3.63, 3.8) is 0 Å². The van der Waals surface area contributed by atoms with Crippen LogP contribution < -0.4 is 15.8 Å². The second kappa shape index (κ2) is 5.36. The second-order valence-corrected chi connectivity index (χ2v) is 6.46. The molecule has 0 saturated carbocycles. The van der Waals surface area contributed by atoms with Crippen LogP contribution in [0.25, 0.3) is 0 Å². The number of hydrogen-bond donors (Lipinski definition) is 3. The van der Waals surface area contributed by atoms with Gasteiger partial charge in [0.1, 0.15) is 0 Å². The monoisotopic (exact) mass is 285 g/mol. The summed E-state index contributed by atoms with van der Waals surface area (Å²) in [6.45, 7) is 1.75. The van der Waals surface area contributed by atoms with Gasteiger partial charge in [0.15, 0.2) is 0 Å². The minimum absolute atomic E-state index is 0.0180. The van der Waals surface area contributed by atoms with Crippen LogP contribution in [0.2, 0.25) is 0 Å². The Hall–Kier alpha value is -1.31. The zero-order valence-electron chi connectivity index (χ0n) is 10.6. The van der Waals surface area contributed by atoms with Crippen molar-refractivity contribution in [1.82, 2.24) is 0 Å². The molecule has 1 atom stereocenters. The van der Waals surface area contributed by atoms with Crippen LogP contribution in [-0.2, 0) is 10.0 Å². The van der Waals surface area contributed by atoms with Crippen LogP contribution in [-0.4, -0.2) is 33.2 Å². The van der Waals surface area contributed by atoms with Gasteiger partial charge in [-0.05, 0) is 37.0 Å². The molecule has 0 radical (unpaired) electrons. The summed E-state index contributed by atoms with van der Waals surface area (Å²) in [7, 11) is -3.73. The summed E-state index contributed by atoms with van der Waals surface area (Å²) in [4.78, 5) is 2.09. The van der Waals surface area contributed by atoms with E-state index in [1.54, 1.807) is 6.07 Å². The number of nitrogens with two attached hydrogens (primary N) is 2. The van der Waals surface area contributed by atoms with Crippen molar-refractivity contribution in [3.8, 4) is 0 Å². The summed E-state index contributed by atoms with van der Waals surface area (Å²) in [5, 5.41) is 14.3. The van der Waals surface area contributed by atoms with E-state index in [4.69, 9.17) is 10.9 Å². The van der Waals surface area contributed by atoms with E-state index in [0.717, 1.165) is 31.6 Å². The maximum absolute atomic E-state index is 11.2. The molecule has 1 heterocycles. The van der Waals surface area contributed by atoms with Gasteiger partial charge in [-0.15, -0.1) is 0 Å². The Labute approximate surface area is 113 Å². The van der Waals surface area contributed by atoms with Gasteiger partial charge in [0.25, 0.3) is 0 Å². The highest BCUT2D eigenvalue weighted by Gasteiger charge is 2.21. The molecule has 1 saturated heterocycles. The number of piperidine rings is 1. The number of benzene rings is 1. The molecule has 0 aromatic heterocycles. The zero-order chi connectivity index (χ0) is 14.0. The van der Waals surface area contributed by atoms with Crippen molar-refractivity contribution in [2.45, 2.75) is 17.7 Å². The van der Waals surface area contributed by atoms with Gasteiger partial charge < -0.3 is 15.7 Å². The van der Waals surface area contributed by atoms with E-state index in [1.807, 2.05) is 0 Å². The summed E-state index contributed by atoms with van der Waals surface area (Å²) in [5.41, 5.74) is 7.10. The lowest BCUT2D eigenvalue weighted by molar-refractivity contribution is 0.209. The lowest BCUT2D eigenvalue weighted by Crippen LogP contribution is -2.37. The first-order chi connectivity index (χ1) is 8.91. The van der Waals surface area contributed by atoms with Gasteiger partial charge in [-0.25, -0.2) is 13.6 Å². The standard InChI is InChI=1S/C12H19N3O3S/c13-11-6-10(19(14,17)18)3-4-12(11)15-5-1-2-9(7-15)8-16/h3-4,6,9,16H,1-2,5,7-8,13H2,(H2,14,17,18). The molecule has 0 bridgehead atoms. The number of hydrogen-bond acceptors (Lipinski definition) is 5. The van der Waals surface area contributed by atoms with Crippen LogP contribution in [0.15, 0.2) is 23.1 Å². The quantitative estimate of drug-likeness (QED) is 0.684. The summed E-state index contributed by atoms with van der Waals surface area (Å²) in [6, 6.07) is 4.52. The van der Waals surface area contributed by atoms with Gasteiger partial charge in [0.05, 0.1) is 16.3 Å². The molecule has 106 valence electrons. The SMILES string of the molecule is Nc1cc(S(N)(=O)=O)ccc1N1CCCC(CO)C1. The fourth-order valence-electron chi connectivity index (χ4n) is 2.43. The molecule has 0 spiro atoms. The van der Waals surface area contributed by atoms with Crippen molar-refractivity contribution < 1.29 is 13.5 Å². The summed E-state index contributed by atoms with van der Waals surface area (Å²) >= 11 is 0. The highest BCUT2D eigenvalue weighted by atomic mass is 32.2. The summed E-state index contributed by atoms with van der Waals surface area (Å²) in [6.07, 6.45) is 1.99. The summed E-state index contributed by atoms with van der Waals surface area (Å²) in [5.74, 6) is 0.242. The van der Waals surface area contributed by atoms with E-state index in [9.17, 15) is 13.5 Å². The largest absolute Gasteiger partial charge is 0.397 e. The predicted octanol–water partition coefficient (Wildman–Crippen LogP) is 0.125. The van der Waals surface area contributed by atoms with Gasteiger partial charge >= 0.3 is 0 Å². The molecule has 5 N–H and O–H groups in total. The van der Waals surface area contributed by atoms with Crippen LogP contribution in [0.3, 0.4) is 0 Å². The van der Waals surface area contributed by atoms with Crippen LogP contribution >= 0.6 is 0 Å². The van der Waals surface area contributed by atoms with Gasteiger partial charge in [0.2, 0.25) is 10.0 Å². The Balaban J connectivity index is 2.26. The third-order valence-electron chi connectivity index (χ3n) is 3.45. The molecular weight excluding hydrogens is 266 g/mol. The maximum Gasteiger partial charge on any atom is 0.238 e. The van der Waals surface area contributed by atoms with Crippen molar-refractivity contribution in [3.05, 3.63) is 18.2 Å². The third kappa shape index (κ3) is 3.17. The van der Waals surface area contributed by atoms with Crippen LogP contribution in [0.4, 0.5) is 11.4 Å². The first-order valence-corrected chi connectivity index (χ1v) is 7.74. The fraction of sp³-hybridized carbons (Fsp3) is 0.500. The third-order valence-corrected chi connectivity index (χ3v) is 4.36. The molecule has 1 aliphatic heterocycles. The lowest BCUT2D eigenvalue weighted by atomic mass is 9.98. The topological polar surface area (TPSA) is 110 Å². The zero-order valence-corrected chi connectivity index (χ0v) is 11.4. The van der Waals surface area contributed by atoms with Crippen LogP contribution in [0.5, 0.6) is 0 Å². The van der Waals surface area contributed by atoms with Crippen molar-refractivity contribution in [2.24, 2.45) is 11.1 Å². The molecule has 2 rings (SSSR count). The number of nitrogens with zero attached hydrogens (tertiary/aromatic N) is 1. The van der Waals surface area contributed by atoms with Gasteiger partial charge in [-0.2, -0.15) is 0 Å². The number of aliphatic hydroxyl groups excluding tert-OH is 1. The average Bonchev–Trinajstić information content (AvgIpc) is 2.37. The fourth-order valence-corrected chi connectivity index (χ4v) is 2.98. The number of anilines is 2. The highest BCUT2D eigenvalue weighted by molar-refractivity contribution is 7.89. The number of rotatable bonds is 3. The maximum atomic E-state index is 11.2.